The molecule has 0 spiro atoms. The van der Waals surface area contributed by atoms with E-state index in [1.54, 1.807) is 13.0 Å². The quantitative estimate of drug-likeness (QED) is 0.321. The maximum absolute atomic E-state index is 11.2. The molecule has 0 amide bonds. The van der Waals surface area contributed by atoms with Gasteiger partial charge in [-0.25, -0.2) is 4.79 Å². The Kier molecular flexibility index (Phi) is 6.35. The zero-order valence-corrected chi connectivity index (χ0v) is 11.7. The summed E-state index contributed by atoms with van der Waals surface area (Å²) in [4.78, 5) is 24.0. The summed E-state index contributed by atoms with van der Waals surface area (Å²) in [6, 6.07) is 0. The number of allylic oxidation sites excluding steroid dienone is 1. The van der Waals surface area contributed by atoms with Crippen LogP contribution in [0.3, 0.4) is 0 Å². The van der Waals surface area contributed by atoms with Gasteiger partial charge in [0.1, 0.15) is 0 Å². The molecule has 1 rings (SSSR count). The SMILES string of the molecule is CC=CC(=O)OCCC1(SN=O)CCN(C)CC1. The van der Waals surface area contributed by atoms with E-state index in [1.807, 2.05) is 0 Å². The average Bonchev–Trinajstić information content (AvgIpc) is 2.34. The lowest BCUT2D eigenvalue weighted by molar-refractivity contribution is -0.138. The number of piperidine rings is 1. The number of hydrogen-bond acceptors (Lipinski definition) is 6. The lowest BCUT2D eigenvalue weighted by Gasteiger charge is -2.37. The number of nitroso groups, excluding NO2 is 1. The van der Waals surface area contributed by atoms with Gasteiger partial charge in [0.15, 0.2) is 0 Å². The number of rotatable bonds is 6. The molecule has 0 aromatic rings. The van der Waals surface area contributed by atoms with Crippen LogP contribution < -0.4 is 0 Å². The summed E-state index contributed by atoms with van der Waals surface area (Å²) < 4.78 is 7.91. The molecule has 6 heteroatoms. The van der Waals surface area contributed by atoms with Crippen LogP contribution in [0.15, 0.2) is 16.7 Å². The molecule has 1 fully saturated rings. The highest BCUT2D eigenvalue weighted by atomic mass is 32.2. The van der Waals surface area contributed by atoms with Gasteiger partial charge in [0.05, 0.1) is 6.61 Å². The summed E-state index contributed by atoms with van der Waals surface area (Å²) in [5.41, 5.74) is 0. The fraction of sp³-hybridized carbons (Fsp3) is 0.750. The second-order valence-corrected chi connectivity index (χ2v) is 5.77. The summed E-state index contributed by atoms with van der Waals surface area (Å²) in [5, 5.41) is 0. The average molecular weight is 272 g/mol. The number of carbonyl (C=O) groups excluding carboxylic acids is 1. The molecule has 1 aliphatic rings. The van der Waals surface area contributed by atoms with Crippen LogP contribution in [0.5, 0.6) is 0 Å². The van der Waals surface area contributed by atoms with Crippen molar-refractivity contribution in [2.45, 2.75) is 30.9 Å². The van der Waals surface area contributed by atoms with E-state index >= 15 is 0 Å². The van der Waals surface area contributed by atoms with E-state index in [9.17, 15) is 9.70 Å². The van der Waals surface area contributed by atoms with Gasteiger partial charge in [-0.3, -0.25) is 0 Å². The smallest absolute Gasteiger partial charge is 0.330 e. The predicted molar refractivity (Wildman–Crippen MR) is 73.2 cm³/mol. The molecule has 0 radical (unpaired) electrons. The van der Waals surface area contributed by atoms with E-state index in [0.29, 0.717) is 13.0 Å². The zero-order valence-electron chi connectivity index (χ0n) is 10.9. The molecule has 102 valence electrons. The van der Waals surface area contributed by atoms with Crippen LogP contribution in [0.25, 0.3) is 0 Å². The standard InChI is InChI=1S/C12H20N2O3S/c1-3-4-11(15)17-10-7-12(18-13-16)5-8-14(2)9-6-12/h3-4H,5-10H2,1-2H3. The van der Waals surface area contributed by atoms with Gasteiger partial charge < -0.3 is 9.64 Å². The Bertz CT molecular complexity index is 312. The van der Waals surface area contributed by atoms with Crippen LogP contribution in [0, 0.1) is 4.91 Å². The molecule has 5 nitrogen and oxygen atoms in total. The molecule has 1 heterocycles. The Morgan fingerprint density at radius 2 is 2.17 bits per heavy atom. The topological polar surface area (TPSA) is 59.0 Å². The van der Waals surface area contributed by atoms with Crippen LogP contribution >= 0.6 is 11.9 Å². The summed E-state index contributed by atoms with van der Waals surface area (Å²) in [6.45, 7) is 4.01. The van der Waals surface area contributed by atoms with Crippen molar-refractivity contribution >= 4 is 17.9 Å². The summed E-state index contributed by atoms with van der Waals surface area (Å²) in [6.07, 6.45) is 5.53. The van der Waals surface area contributed by atoms with Gasteiger partial charge in [-0.15, -0.1) is 4.91 Å². The third kappa shape index (κ3) is 4.78. The predicted octanol–water partition coefficient (Wildman–Crippen LogP) is 2.37. The largest absolute Gasteiger partial charge is 0.462 e. The first-order valence-electron chi connectivity index (χ1n) is 6.11. The minimum absolute atomic E-state index is 0.162. The Labute approximate surface area is 112 Å². The van der Waals surface area contributed by atoms with Gasteiger partial charge in [-0.2, -0.15) is 0 Å². The van der Waals surface area contributed by atoms with Crippen molar-refractivity contribution in [3.05, 3.63) is 17.1 Å². The lowest BCUT2D eigenvalue weighted by Crippen LogP contribution is -2.41. The minimum Gasteiger partial charge on any atom is -0.462 e. The van der Waals surface area contributed by atoms with Crippen molar-refractivity contribution in [1.29, 1.82) is 0 Å². The Hall–Kier alpha value is -0.880. The van der Waals surface area contributed by atoms with Crippen molar-refractivity contribution < 1.29 is 9.53 Å². The monoisotopic (exact) mass is 272 g/mol. The van der Waals surface area contributed by atoms with Crippen LogP contribution in [-0.2, 0) is 9.53 Å². The molecule has 0 saturated carbocycles. The molecular formula is C12H20N2O3S. The van der Waals surface area contributed by atoms with Crippen LogP contribution in [0.1, 0.15) is 26.2 Å². The molecule has 0 aliphatic carbocycles. The first kappa shape index (κ1) is 15.2. The van der Waals surface area contributed by atoms with Gasteiger partial charge in [0.2, 0.25) is 0 Å². The molecule has 0 atom stereocenters. The summed E-state index contributed by atoms with van der Waals surface area (Å²) in [7, 11) is 2.06. The van der Waals surface area contributed by atoms with Crippen molar-refractivity contribution in [2.75, 3.05) is 26.7 Å². The molecular weight excluding hydrogens is 252 g/mol. The van der Waals surface area contributed by atoms with E-state index in [1.165, 1.54) is 6.08 Å². The first-order chi connectivity index (χ1) is 8.62. The van der Waals surface area contributed by atoms with Crippen molar-refractivity contribution in [1.82, 2.24) is 4.90 Å². The van der Waals surface area contributed by atoms with E-state index in [4.69, 9.17) is 4.74 Å². The van der Waals surface area contributed by atoms with Crippen molar-refractivity contribution in [3.8, 4) is 0 Å². The number of esters is 1. The van der Waals surface area contributed by atoms with Crippen LogP contribution in [0.4, 0.5) is 0 Å². The lowest BCUT2D eigenvalue weighted by atomic mass is 9.93. The van der Waals surface area contributed by atoms with Crippen molar-refractivity contribution in [2.24, 2.45) is 4.58 Å². The molecule has 1 aliphatic heterocycles. The van der Waals surface area contributed by atoms with Crippen LogP contribution in [0.2, 0.25) is 0 Å². The van der Waals surface area contributed by atoms with Crippen molar-refractivity contribution in [3.63, 3.8) is 0 Å². The maximum Gasteiger partial charge on any atom is 0.330 e. The third-order valence-corrected chi connectivity index (χ3v) is 4.31. The Balaban J connectivity index is 2.43. The van der Waals surface area contributed by atoms with Gasteiger partial charge in [0.25, 0.3) is 0 Å². The van der Waals surface area contributed by atoms with E-state index < -0.39 is 0 Å². The maximum atomic E-state index is 11.2. The highest BCUT2D eigenvalue weighted by Crippen LogP contribution is 2.39. The second-order valence-electron chi connectivity index (χ2n) is 4.57. The number of ether oxygens (including phenoxy) is 1. The molecule has 0 aromatic carbocycles. The van der Waals surface area contributed by atoms with Gasteiger partial charge in [-0.1, -0.05) is 6.08 Å². The highest BCUT2D eigenvalue weighted by Gasteiger charge is 2.35. The third-order valence-electron chi connectivity index (χ3n) is 3.23. The fourth-order valence-electron chi connectivity index (χ4n) is 2.01. The molecule has 1 saturated heterocycles. The number of nitrogens with zero attached hydrogens (tertiary/aromatic N) is 2. The molecule has 0 bridgehead atoms. The molecule has 0 aromatic heterocycles. The summed E-state index contributed by atoms with van der Waals surface area (Å²) in [5.74, 6) is -0.329. The van der Waals surface area contributed by atoms with E-state index in [2.05, 4.69) is 16.5 Å². The fourth-order valence-corrected chi connectivity index (χ4v) is 2.71. The number of likely N-dealkylation sites (tertiary alicyclic amines) is 1. The first-order valence-corrected chi connectivity index (χ1v) is 6.88. The second kappa shape index (κ2) is 7.53. The van der Waals surface area contributed by atoms with Gasteiger partial charge in [0, 0.05) is 27.4 Å². The molecule has 18 heavy (non-hydrogen) atoms. The normalized spacial score (nSPS) is 19.9. The summed E-state index contributed by atoms with van der Waals surface area (Å²) >= 11 is 1.10. The van der Waals surface area contributed by atoms with E-state index in [-0.39, 0.29) is 10.7 Å². The number of carbonyl (C=O) groups is 1. The van der Waals surface area contributed by atoms with Gasteiger partial charge >= 0.3 is 5.97 Å². The van der Waals surface area contributed by atoms with E-state index in [0.717, 1.165) is 37.9 Å². The minimum atomic E-state index is -0.329. The zero-order chi connectivity index (χ0) is 13.4. The number of hydrogen-bond donors (Lipinski definition) is 0. The Morgan fingerprint density at radius 3 is 2.72 bits per heavy atom. The highest BCUT2D eigenvalue weighted by molar-refractivity contribution is 7.99. The Morgan fingerprint density at radius 1 is 1.50 bits per heavy atom. The van der Waals surface area contributed by atoms with Gasteiger partial charge in [-0.05, 0) is 46.3 Å². The van der Waals surface area contributed by atoms with Crippen LogP contribution in [-0.4, -0.2) is 42.4 Å². The molecule has 0 unspecified atom stereocenters. The molecule has 0 N–H and O–H groups in total.